The minimum atomic E-state index is -0.527. The fourth-order valence-corrected chi connectivity index (χ4v) is 3.76. The summed E-state index contributed by atoms with van der Waals surface area (Å²) in [6.45, 7) is 2.06. The Bertz CT molecular complexity index is 1130. The lowest BCUT2D eigenvalue weighted by Gasteiger charge is -2.28. The maximum Gasteiger partial charge on any atom is 0.248 e. The number of nitrogens with zero attached hydrogens (tertiary/aromatic N) is 3. The minimum absolute atomic E-state index is 0.276. The van der Waals surface area contributed by atoms with E-state index in [2.05, 4.69) is 15.4 Å². The molecule has 148 valence electrons. The SMILES string of the molecule is CC1=C(C(N)=O)C(c2cccc(OCc3ccc(Cl)cc3Cl)c2)n2ncnc2N1. The number of rotatable bonds is 5. The van der Waals surface area contributed by atoms with Crippen LogP contribution < -0.4 is 15.8 Å². The molecule has 0 spiro atoms. The summed E-state index contributed by atoms with van der Waals surface area (Å²) >= 11 is 12.2. The predicted molar refractivity (Wildman–Crippen MR) is 111 cm³/mol. The molecule has 0 saturated carbocycles. The van der Waals surface area contributed by atoms with Gasteiger partial charge in [0.05, 0.1) is 5.57 Å². The van der Waals surface area contributed by atoms with Crippen molar-refractivity contribution in [3.63, 3.8) is 0 Å². The first-order valence-electron chi connectivity index (χ1n) is 8.78. The average Bonchev–Trinajstić information content (AvgIpc) is 3.14. The van der Waals surface area contributed by atoms with Gasteiger partial charge in [-0.2, -0.15) is 10.1 Å². The molecule has 1 aromatic heterocycles. The van der Waals surface area contributed by atoms with Gasteiger partial charge >= 0.3 is 0 Å². The van der Waals surface area contributed by atoms with Gasteiger partial charge in [0.25, 0.3) is 0 Å². The van der Waals surface area contributed by atoms with Gasteiger partial charge in [-0.1, -0.05) is 41.4 Å². The second-order valence-corrected chi connectivity index (χ2v) is 7.40. The maximum atomic E-state index is 12.1. The highest BCUT2D eigenvalue weighted by molar-refractivity contribution is 6.35. The zero-order valence-electron chi connectivity index (χ0n) is 15.4. The third-order valence-electron chi connectivity index (χ3n) is 4.64. The predicted octanol–water partition coefficient (Wildman–Crippen LogP) is 3.94. The zero-order valence-corrected chi connectivity index (χ0v) is 16.9. The topological polar surface area (TPSA) is 95.1 Å². The van der Waals surface area contributed by atoms with Crippen LogP contribution in [0.3, 0.4) is 0 Å². The fourth-order valence-electron chi connectivity index (χ4n) is 3.29. The van der Waals surface area contributed by atoms with E-state index in [1.807, 2.05) is 30.3 Å². The van der Waals surface area contributed by atoms with Crippen molar-refractivity contribution in [1.82, 2.24) is 14.8 Å². The van der Waals surface area contributed by atoms with Crippen molar-refractivity contribution in [2.75, 3.05) is 5.32 Å². The van der Waals surface area contributed by atoms with Crippen LogP contribution in [0.5, 0.6) is 5.75 Å². The number of nitrogens with two attached hydrogens (primary N) is 1. The third-order valence-corrected chi connectivity index (χ3v) is 5.23. The molecule has 1 aliphatic rings. The van der Waals surface area contributed by atoms with Crippen molar-refractivity contribution in [1.29, 1.82) is 0 Å². The summed E-state index contributed by atoms with van der Waals surface area (Å²) < 4.78 is 7.54. The smallest absolute Gasteiger partial charge is 0.248 e. The van der Waals surface area contributed by atoms with Gasteiger partial charge in [-0.25, -0.2) is 4.68 Å². The molecule has 2 heterocycles. The lowest BCUT2D eigenvalue weighted by Crippen LogP contribution is -2.31. The molecule has 0 aliphatic carbocycles. The number of nitrogens with one attached hydrogen (secondary N) is 1. The number of benzene rings is 2. The van der Waals surface area contributed by atoms with Crippen LogP contribution in [-0.2, 0) is 11.4 Å². The monoisotopic (exact) mass is 429 g/mol. The molecule has 3 N–H and O–H groups in total. The molecule has 9 heteroatoms. The Hall–Kier alpha value is -3.03. The fraction of sp³-hybridized carbons (Fsp3) is 0.150. The second kappa shape index (κ2) is 7.77. The van der Waals surface area contributed by atoms with Gasteiger partial charge in [0.1, 0.15) is 24.7 Å². The molecule has 0 saturated heterocycles. The van der Waals surface area contributed by atoms with Gasteiger partial charge in [-0.3, -0.25) is 4.79 Å². The highest BCUT2D eigenvalue weighted by atomic mass is 35.5. The molecule has 1 unspecified atom stereocenters. The normalized spacial score (nSPS) is 15.6. The Morgan fingerprint density at radius 3 is 2.86 bits per heavy atom. The number of primary amides is 1. The molecule has 0 radical (unpaired) electrons. The molecule has 0 fully saturated rings. The van der Waals surface area contributed by atoms with Crippen LogP contribution in [0.4, 0.5) is 5.95 Å². The Balaban J connectivity index is 1.65. The van der Waals surface area contributed by atoms with Crippen molar-refractivity contribution in [3.8, 4) is 5.75 Å². The van der Waals surface area contributed by atoms with Crippen LogP contribution in [0.25, 0.3) is 0 Å². The van der Waals surface area contributed by atoms with Gasteiger partial charge < -0.3 is 15.8 Å². The third kappa shape index (κ3) is 3.79. The van der Waals surface area contributed by atoms with Crippen LogP contribution in [0.2, 0.25) is 10.0 Å². The second-order valence-electron chi connectivity index (χ2n) is 6.56. The van der Waals surface area contributed by atoms with E-state index < -0.39 is 11.9 Å². The molecule has 3 aromatic rings. The van der Waals surface area contributed by atoms with Gasteiger partial charge in [0.15, 0.2) is 0 Å². The standard InChI is InChI=1S/C20H17Cl2N5O2/c1-11-17(19(23)28)18(27-20(26-11)24-10-25-27)12-3-2-4-15(7-12)29-9-13-5-6-14(21)8-16(13)22/h2-8,10,18H,9H2,1H3,(H2,23,28)(H,24,25,26). The first-order chi connectivity index (χ1) is 13.9. The first-order valence-corrected chi connectivity index (χ1v) is 9.53. The average molecular weight is 430 g/mol. The first kappa shape index (κ1) is 19.3. The Kier molecular flexibility index (Phi) is 5.17. The van der Waals surface area contributed by atoms with E-state index >= 15 is 0 Å². The molecule has 29 heavy (non-hydrogen) atoms. The summed E-state index contributed by atoms with van der Waals surface area (Å²) in [6, 6.07) is 12.2. The van der Waals surface area contributed by atoms with E-state index in [9.17, 15) is 4.79 Å². The van der Waals surface area contributed by atoms with Gasteiger partial charge in [0, 0.05) is 21.3 Å². The number of allylic oxidation sites excluding steroid dienone is 1. The van der Waals surface area contributed by atoms with E-state index in [1.165, 1.54) is 6.33 Å². The van der Waals surface area contributed by atoms with Crippen LogP contribution >= 0.6 is 23.2 Å². The number of aromatic nitrogens is 3. The van der Waals surface area contributed by atoms with E-state index in [0.717, 1.165) is 11.1 Å². The van der Waals surface area contributed by atoms with Crippen LogP contribution in [0.15, 0.2) is 60.1 Å². The maximum absolute atomic E-state index is 12.1. The Labute approximate surface area is 177 Å². The number of hydrogen-bond donors (Lipinski definition) is 2. The van der Waals surface area contributed by atoms with E-state index in [0.29, 0.717) is 33.0 Å². The number of anilines is 1. The largest absolute Gasteiger partial charge is 0.489 e. The van der Waals surface area contributed by atoms with Crippen LogP contribution in [-0.4, -0.2) is 20.7 Å². The molecule has 1 amide bonds. The number of carbonyl (C=O) groups is 1. The highest BCUT2D eigenvalue weighted by Gasteiger charge is 2.32. The van der Waals surface area contributed by atoms with Crippen molar-refractivity contribution in [3.05, 3.63) is 81.2 Å². The van der Waals surface area contributed by atoms with E-state index in [-0.39, 0.29) is 6.61 Å². The number of halogens is 2. The Morgan fingerprint density at radius 2 is 2.10 bits per heavy atom. The van der Waals surface area contributed by atoms with Gasteiger partial charge in [0.2, 0.25) is 11.9 Å². The number of amides is 1. The summed E-state index contributed by atoms with van der Waals surface area (Å²) in [6.07, 6.45) is 1.43. The number of hydrogen-bond acceptors (Lipinski definition) is 5. The van der Waals surface area contributed by atoms with Gasteiger partial charge in [-0.15, -0.1) is 0 Å². The quantitative estimate of drug-likeness (QED) is 0.640. The zero-order chi connectivity index (χ0) is 20.5. The lowest BCUT2D eigenvalue weighted by molar-refractivity contribution is -0.115. The number of ether oxygens (including phenoxy) is 1. The molecular weight excluding hydrogens is 413 g/mol. The van der Waals surface area contributed by atoms with Crippen molar-refractivity contribution in [2.45, 2.75) is 19.6 Å². The Morgan fingerprint density at radius 1 is 1.28 bits per heavy atom. The lowest BCUT2D eigenvalue weighted by atomic mass is 9.95. The molecule has 1 aliphatic heterocycles. The number of carbonyl (C=O) groups excluding carboxylic acids is 1. The molecule has 1 atom stereocenters. The van der Waals surface area contributed by atoms with E-state index in [1.54, 1.807) is 23.7 Å². The van der Waals surface area contributed by atoms with E-state index in [4.69, 9.17) is 33.7 Å². The van der Waals surface area contributed by atoms with Crippen LogP contribution in [0, 0.1) is 0 Å². The van der Waals surface area contributed by atoms with Gasteiger partial charge in [-0.05, 0) is 36.8 Å². The highest BCUT2D eigenvalue weighted by Crippen LogP contribution is 2.35. The summed E-state index contributed by atoms with van der Waals surface area (Å²) in [5.41, 5.74) is 8.33. The summed E-state index contributed by atoms with van der Waals surface area (Å²) in [7, 11) is 0. The minimum Gasteiger partial charge on any atom is -0.489 e. The van der Waals surface area contributed by atoms with Crippen molar-refractivity contribution < 1.29 is 9.53 Å². The van der Waals surface area contributed by atoms with Crippen LogP contribution in [0.1, 0.15) is 24.1 Å². The molecule has 2 aromatic carbocycles. The van der Waals surface area contributed by atoms with Crippen molar-refractivity contribution in [2.24, 2.45) is 5.73 Å². The van der Waals surface area contributed by atoms with Crippen molar-refractivity contribution >= 4 is 35.1 Å². The molecule has 4 rings (SSSR count). The summed E-state index contributed by atoms with van der Waals surface area (Å²) in [4.78, 5) is 16.3. The molecule has 7 nitrogen and oxygen atoms in total. The molecule has 0 bridgehead atoms. The number of fused-ring (bicyclic) bond motifs is 1. The summed E-state index contributed by atoms with van der Waals surface area (Å²) in [5, 5.41) is 8.41. The summed E-state index contributed by atoms with van der Waals surface area (Å²) in [5.74, 6) is 0.632. The molecular formula is C20H17Cl2N5O2.